The molecule has 2 saturated heterocycles. The number of nitrogens with zero attached hydrogens (tertiary/aromatic N) is 2. The SMILES string of the molecule is FC1(F)CN(c2ccc3c(-c4ccc(CCl)cc4)c4ccc(=[N+]5CC(F)(F)C5)cc-4oc3c2)C1. The summed E-state index contributed by atoms with van der Waals surface area (Å²) in [7, 11) is 0. The van der Waals surface area contributed by atoms with Gasteiger partial charge in [0.25, 0.3) is 5.92 Å². The lowest BCUT2D eigenvalue weighted by atomic mass is 9.93. The van der Waals surface area contributed by atoms with E-state index in [4.69, 9.17) is 16.0 Å². The average Bonchev–Trinajstić information content (AvgIpc) is 2.78. The molecule has 0 N–H and O–H groups in total. The van der Waals surface area contributed by atoms with Crippen LogP contribution in [0.3, 0.4) is 0 Å². The van der Waals surface area contributed by atoms with Crippen molar-refractivity contribution in [2.45, 2.75) is 17.7 Å². The van der Waals surface area contributed by atoms with E-state index < -0.39 is 11.8 Å². The minimum atomic E-state index is -2.68. The molecule has 0 aromatic heterocycles. The number of halogens is 5. The monoisotopic (exact) mass is 487 g/mol. The first kappa shape index (κ1) is 21.5. The fourth-order valence-corrected chi connectivity index (χ4v) is 4.90. The third-order valence-corrected chi connectivity index (χ3v) is 6.81. The van der Waals surface area contributed by atoms with Gasteiger partial charge in [-0.3, -0.25) is 0 Å². The minimum absolute atomic E-state index is 0.327. The standard InChI is InChI=1S/C26H20ClF4N2O/c27-11-16-1-3-17(4-2-16)24-20-7-5-18(32-12-25(28,29)13-32)9-22(20)34-23-10-19(6-8-21(23)24)33-14-26(30,31)15-33/h1-10H,11-15H2/q+1. The lowest BCUT2D eigenvalue weighted by molar-refractivity contribution is -0.0644. The molecule has 3 nitrogen and oxygen atoms in total. The molecule has 2 fully saturated rings. The molecule has 8 heteroatoms. The maximum atomic E-state index is 13.4. The van der Waals surface area contributed by atoms with Crippen LogP contribution in [0.2, 0.25) is 0 Å². The van der Waals surface area contributed by atoms with E-state index in [1.54, 1.807) is 21.6 Å². The van der Waals surface area contributed by atoms with Crippen molar-refractivity contribution < 1.29 is 22.0 Å². The zero-order valence-electron chi connectivity index (χ0n) is 18.0. The largest absolute Gasteiger partial charge is 0.456 e. The molecule has 34 heavy (non-hydrogen) atoms. The molecule has 0 unspecified atom stereocenters. The molecule has 0 atom stereocenters. The van der Waals surface area contributed by atoms with E-state index in [0.717, 1.165) is 27.6 Å². The maximum Gasteiger partial charge on any atom is 0.361 e. The molecule has 0 saturated carbocycles. The molecule has 6 rings (SSSR count). The average molecular weight is 488 g/mol. The number of hydrogen-bond acceptors (Lipinski definition) is 2. The summed E-state index contributed by atoms with van der Waals surface area (Å²) in [5, 5.41) is 1.49. The Morgan fingerprint density at radius 1 is 0.882 bits per heavy atom. The molecule has 3 aliphatic heterocycles. The summed E-state index contributed by atoms with van der Waals surface area (Å²) in [4.78, 5) is 1.60. The number of hydrogen-bond donors (Lipinski definition) is 0. The van der Waals surface area contributed by atoms with E-state index in [2.05, 4.69) is 0 Å². The van der Waals surface area contributed by atoms with Crippen molar-refractivity contribution in [2.24, 2.45) is 0 Å². The zero-order valence-corrected chi connectivity index (χ0v) is 18.8. The molecule has 2 aromatic rings. The second-order valence-electron chi connectivity index (χ2n) is 9.09. The zero-order chi connectivity index (χ0) is 23.7. The molecule has 0 bridgehead atoms. The van der Waals surface area contributed by atoms with Crippen molar-refractivity contribution in [1.82, 2.24) is 4.58 Å². The summed E-state index contributed by atoms with van der Waals surface area (Å²) in [6.07, 6.45) is 0. The second-order valence-corrected chi connectivity index (χ2v) is 9.36. The van der Waals surface area contributed by atoms with Crippen molar-refractivity contribution in [1.29, 1.82) is 0 Å². The Bertz CT molecular complexity index is 1440. The van der Waals surface area contributed by atoms with Crippen molar-refractivity contribution in [3.05, 3.63) is 71.6 Å². The van der Waals surface area contributed by atoms with Gasteiger partial charge in [0, 0.05) is 40.2 Å². The van der Waals surface area contributed by atoms with Crippen LogP contribution in [-0.2, 0) is 5.88 Å². The van der Waals surface area contributed by atoms with Crippen LogP contribution in [-0.4, -0.2) is 38.0 Å². The summed E-state index contributed by atoms with van der Waals surface area (Å²) in [5.41, 5.74) is 4.91. The second kappa shape index (κ2) is 7.47. The summed E-state index contributed by atoms with van der Waals surface area (Å²) in [6.45, 7) is -1.31. The number of anilines is 1. The molecular weight excluding hydrogens is 468 g/mol. The van der Waals surface area contributed by atoms with Gasteiger partial charge < -0.3 is 9.32 Å². The molecule has 0 amide bonds. The highest BCUT2D eigenvalue weighted by Crippen LogP contribution is 2.42. The lowest BCUT2D eigenvalue weighted by Crippen LogP contribution is -2.57. The smallest absolute Gasteiger partial charge is 0.361 e. The Morgan fingerprint density at radius 2 is 1.62 bits per heavy atom. The van der Waals surface area contributed by atoms with Crippen LogP contribution in [0.1, 0.15) is 5.56 Å². The number of benzene rings is 3. The van der Waals surface area contributed by atoms with Crippen LogP contribution in [0.5, 0.6) is 0 Å². The van der Waals surface area contributed by atoms with Gasteiger partial charge in [-0.25, -0.2) is 13.4 Å². The van der Waals surface area contributed by atoms with Gasteiger partial charge in [0.2, 0.25) is 18.4 Å². The molecule has 0 spiro atoms. The predicted molar refractivity (Wildman–Crippen MR) is 125 cm³/mol. The highest BCUT2D eigenvalue weighted by molar-refractivity contribution is 6.17. The fraction of sp³-hybridized carbons (Fsp3) is 0.269. The summed E-state index contributed by atoms with van der Waals surface area (Å²) < 4.78 is 61.5. The van der Waals surface area contributed by atoms with Gasteiger partial charge in [-0.05, 0) is 29.3 Å². The molecule has 4 aliphatic rings. The third kappa shape index (κ3) is 3.63. The lowest BCUT2D eigenvalue weighted by Gasteiger charge is -2.40. The molecular formula is C26H20ClF4N2O+. The van der Waals surface area contributed by atoms with E-state index in [9.17, 15) is 17.6 Å². The minimum Gasteiger partial charge on any atom is -0.456 e. The van der Waals surface area contributed by atoms with Crippen molar-refractivity contribution in [3.63, 3.8) is 0 Å². The van der Waals surface area contributed by atoms with E-state index in [1.807, 2.05) is 48.5 Å². The number of fused-ring (bicyclic) bond motifs is 2. The van der Waals surface area contributed by atoms with Crippen molar-refractivity contribution in [2.75, 3.05) is 31.1 Å². The van der Waals surface area contributed by atoms with Crippen LogP contribution in [0.25, 0.3) is 33.4 Å². The highest BCUT2D eigenvalue weighted by atomic mass is 35.5. The highest BCUT2D eigenvalue weighted by Gasteiger charge is 2.50. The first-order valence-electron chi connectivity index (χ1n) is 11.0. The van der Waals surface area contributed by atoms with Crippen LogP contribution >= 0.6 is 11.6 Å². The van der Waals surface area contributed by atoms with Crippen LogP contribution in [0, 0.1) is 0 Å². The van der Waals surface area contributed by atoms with Gasteiger partial charge >= 0.3 is 5.92 Å². The topological polar surface area (TPSA) is 19.4 Å². The molecule has 2 aromatic carbocycles. The van der Waals surface area contributed by atoms with Crippen LogP contribution in [0.15, 0.2) is 65.1 Å². The summed E-state index contributed by atoms with van der Waals surface area (Å²) >= 11 is 5.96. The van der Waals surface area contributed by atoms with Gasteiger partial charge in [0.05, 0.1) is 19.2 Å². The predicted octanol–water partition coefficient (Wildman–Crippen LogP) is 5.82. The maximum absolute atomic E-state index is 13.4. The Labute approximate surface area is 197 Å². The normalized spacial score (nSPS) is 18.7. The van der Waals surface area contributed by atoms with Gasteiger partial charge in [-0.2, -0.15) is 8.78 Å². The van der Waals surface area contributed by atoms with Gasteiger partial charge in [-0.1, -0.05) is 24.3 Å². The molecule has 3 heterocycles. The first-order chi connectivity index (χ1) is 16.2. The number of rotatable bonds is 3. The van der Waals surface area contributed by atoms with E-state index in [1.165, 1.54) is 0 Å². The summed E-state index contributed by atoms with van der Waals surface area (Å²) in [6, 6.07) is 18.8. The van der Waals surface area contributed by atoms with Crippen molar-refractivity contribution in [3.8, 4) is 22.5 Å². The van der Waals surface area contributed by atoms with Crippen LogP contribution in [0.4, 0.5) is 23.2 Å². The molecule has 0 radical (unpaired) electrons. The van der Waals surface area contributed by atoms with Gasteiger partial charge in [-0.15, -0.1) is 11.6 Å². The van der Waals surface area contributed by atoms with Crippen molar-refractivity contribution >= 4 is 28.3 Å². The van der Waals surface area contributed by atoms with E-state index in [0.29, 0.717) is 28.3 Å². The fourth-order valence-electron chi connectivity index (χ4n) is 4.72. The number of alkyl halides is 5. The third-order valence-electron chi connectivity index (χ3n) is 6.50. The Balaban J connectivity index is 1.55. The Morgan fingerprint density at radius 3 is 2.26 bits per heavy atom. The molecule has 174 valence electrons. The summed E-state index contributed by atoms with van der Waals surface area (Å²) in [5.74, 6) is -4.42. The quantitative estimate of drug-likeness (QED) is 0.157. The van der Waals surface area contributed by atoms with Gasteiger partial charge in [0.15, 0.2) is 0 Å². The van der Waals surface area contributed by atoms with Gasteiger partial charge in [0.1, 0.15) is 11.3 Å². The Kier molecular flexibility index (Phi) is 4.72. The Hall–Kier alpha value is -3.06. The molecule has 1 aliphatic carbocycles. The first-order valence-corrected chi connectivity index (χ1v) is 11.5. The van der Waals surface area contributed by atoms with E-state index >= 15 is 0 Å². The van der Waals surface area contributed by atoms with Crippen LogP contribution < -0.4 is 14.8 Å². The van der Waals surface area contributed by atoms with E-state index in [-0.39, 0.29) is 26.2 Å².